The van der Waals surface area contributed by atoms with Crippen molar-refractivity contribution >= 4 is 34.2 Å². The SMILES string of the molecule is C[C@H]1Oc2ccc(NC(=O)c3oc4ccccc4c3COc3ccccc3)cc2NC1=O. The van der Waals surface area contributed by atoms with Crippen LogP contribution in [0.25, 0.3) is 11.0 Å². The van der Waals surface area contributed by atoms with Gasteiger partial charge in [0.1, 0.15) is 23.7 Å². The third-order valence-corrected chi connectivity index (χ3v) is 5.20. The second-order valence-electron chi connectivity index (χ2n) is 7.42. The van der Waals surface area contributed by atoms with Crippen molar-refractivity contribution in [2.75, 3.05) is 10.6 Å². The lowest BCUT2D eigenvalue weighted by atomic mass is 10.1. The Bertz CT molecular complexity index is 1310. The van der Waals surface area contributed by atoms with Gasteiger partial charge in [-0.15, -0.1) is 0 Å². The van der Waals surface area contributed by atoms with Gasteiger partial charge in [-0.05, 0) is 43.3 Å². The smallest absolute Gasteiger partial charge is 0.291 e. The van der Waals surface area contributed by atoms with Crippen molar-refractivity contribution < 1.29 is 23.5 Å². The van der Waals surface area contributed by atoms with E-state index in [1.165, 1.54) is 0 Å². The fraction of sp³-hybridized carbons (Fsp3) is 0.120. The van der Waals surface area contributed by atoms with E-state index in [1.54, 1.807) is 25.1 Å². The summed E-state index contributed by atoms with van der Waals surface area (Å²) in [6.07, 6.45) is -0.564. The summed E-state index contributed by atoms with van der Waals surface area (Å²) in [7, 11) is 0. The minimum atomic E-state index is -0.564. The van der Waals surface area contributed by atoms with Crippen LogP contribution in [0, 0.1) is 0 Å². The molecule has 5 rings (SSSR count). The number of hydrogen-bond acceptors (Lipinski definition) is 5. The number of amides is 2. The van der Waals surface area contributed by atoms with Gasteiger partial charge < -0.3 is 24.5 Å². The molecular weight excluding hydrogens is 408 g/mol. The van der Waals surface area contributed by atoms with Crippen LogP contribution in [-0.4, -0.2) is 17.9 Å². The molecule has 1 aliphatic heterocycles. The van der Waals surface area contributed by atoms with Gasteiger partial charge in [0.25, 0.3) is 11.8 Å². The van der Waals surface area contributed by atoms with Crippen molar-refractivity contribution in [3.63, 3.8) is 0 Å². The molecule has 0 saturated heterocycles. The number of carbonyl (C=O) groups is 2. The number of hydrogen-bond donors (Lipinski definition) is 2. The van der Waals surface area contributed by atoms with Crippen LogP contribution in [0.15, 0.2) is 77.2 Å². The van der Waals surface area contributed by atoms with Crippen LogP contribution in [0.5, 0.6) is 11.5 Å². The Labute approximate surface area is 183 Å². The normalized spacial score (nSPS) is 14.9. The van der Waals surface area contributed by atoms with Gasteiger partial charge in [0.05, 0.1) is 5.69 Å². The van der Waals surface area contributed by atoms with Gasteiger partial charge in [-0.1, -0.05) is 36.4 Å². The van der Waals surface area contributed by atoms with Crippen molar-refractivity contribution in [1.82, 2.24) is 0 Å². The molecule has 0 aliphatic carbocycles. The molecule has 32 heavy (non-hydrogen) atoms. The van der Waals surface area contributed by atoms with E-state index in [1.807, 2.05) is 54.6 Å². The summed E-state index contributed by atoms with van der Waals surface area (Å²) in [4.78, 5) is 25.0. The number of benzene rings is 3. The lowest BCUT2D eigenvalue weighted by molar-refractivity contribution is -0.122. The number of rotatable bonds is 5. The summed E-state index contributed by atoms with van der Waals surface area (Å²) >= 11 is 0. The molecule has 0 spiro atoms. The van der Waals surface area contributed by atoms with Gasteiger partial charge in [0.15, 0.2) is 11.9 Å². The van der Waals surface area contributed by atoms with Crippen molar-refractivity contribution in [3.8, 4) is 11.5 Å². The van der Waals surface area contributed by atoms with Crippen LogP contribution in [0.4, 0.5) is 11.4 Å². The molecule has 0 bridgehead atoms. The third-order valence-electron chi connectivity index (χ3n) is 5.20. The highest BCUT2D eigenvalue weighted by molar-refractivity contribution is 6.07. The minimum absolute atomic E-state index is 0.175. The first-order valence-electron chi connectivity index (χ1n) is 10.2. The second-order valence-corrected chi connectivity index (χ2v) is 7.42. The molecule has 160 valence electrons. The third kappa shape index (κ3) is 3.76. The average Bonchev–Trinajstić information content (AvgIpc) is 3.18. The molecule has 1 atom stereocenters. The first-order chi connectivity index (χ1) is 15.6. The minimum Gasteiger partial charge on any atom is -0.489 e. The average molecular weight is 428 g/mol. The Morgan fingerprint density at radius 2 is 1.84 bits per heavy atom. The summed E-state index contributed by atoms with van der Waals surface area (Å²) in [6.45, 7) is 1.85. The van der Waals surface area contributed by atoms with Gasteiger partial charge in [-0.3, -0.25) is 9.59 Å². The topological polar surface area (TPSA) is 89.8 Å². The molecule has 7 heteroatoms. The number of carbonyl (C=O) groups excluding carboxylic acids is 2. The number of para-hydroxylation sites is 2. The molecule has 0 unspecified atom stereocenters. The maximum absolute atomic E-state index is 13.1. The molecule has 3 aromatic carbocycles. The highest BCUT2D eigenvalue weighted by Gasteiger charge is 2.25. The van der Waals surface area contributed by atoms with Crippen molar-refractivity contribution in [2.45, 2.75) is 19.6 Å². The first kappa shape index (κ1) is 19.7. The Kier molecular flexibility index (Phi) is 4.99. The van der Waals surface area contributed by atoms with E-state index >= 15 is 0 Å². The van der Waals surface area contributed by atoms with Crippen LogP contribution in [0.2, 0.25) is 0 Å². The lowest BCUT2D eigenvalue weighted by Crippen LogP contribution is -2.34. The molecule has 7 nitrogen and oxygen atoms in total. The first-order valence-corrected chi connectivity index (χ1v) is 10.2. The van der Waals surface area contributed by atoms with E-state index in [9.17, 15) is 9.59 Å². The van der Waals surface area contributed by atoms with Crippen LogP contribution in [0.1, 0.15) is 23.0 Å². The summed E-state index contributed by atoms with van der Waals surface area (Å²) < 4.78 is 17.3. The zero-order chi connectivity index (χ0) is 22.1. The van der Waals surface area contributed by atoms with Gasteiger partial charge in [-0.25, -0.2) is 0 Å². The fourth-order valence-corrected chi connectivity index (χ4v) is 3.57. The van der Waals surface area contributed by atoms with E-state index in [0.29, 0.717) is 34.0 Å². The summed E-state index contributed by atoms with van der Waals surface area (Å²) in [5.41, 5.74) is 2.26. The largest absolute Gasteiger partial charge is 0.489 e. The van der Waals surface area contributed by atoms with Gasteiger partial charge >= 0.3 is 0 Å². The van der Waals surface area contributed by atoms with E-state index in [0.717, 1.165) is 5.39 Å². The van der Waals surface area contributed by atoms with Crippen molar-refractivity contribution in [3.05, 3.63) is 84.1 Å². The van der Waals surface area contributed by atoms with Crippen LogP contribution >= 0.6 is 0 Å². The highest BCUT2D eigenvalue weighted by atomic mass is 16.5. The van der Waals surface area contributed by atoms with Crippen LogP contribution in [-0.2, 0) is 11.4 Å². The monoisotopic (exact) mass is 428 g/mol. The van der Waals surface area contributed by atoms with Gasteiger partial charge in [0.2, 0.25) is 0 Å². The Morgan fingerprint density at radius 1 is 1.06 bits per heavy atom. The van der Waals surface area contributed by atoms with Gasteiger partial charge in [-0.2, -0.15) is 0 Å². The molecule has 2 N–H and O–H groups in total. The zero-order valence-corrected chi connectivity index (χ0v) is 17.3. The van der Waals surface area contributed by atoms with Crippen LogP contribution in [0.3, 0.4) is 0 Å². The van der Waals surface area contributed by atoms with Crippen molar-refractivity contribution in [1.29, 1.82) is 0 Å². The summed E-state index contributed by atoms with van der Waals surface area (Å²) in [5, 5.41) is 6.43. The van der Waals surface area contributed by atoms with E-state index in [-0.39, 0.29) is 18.3 Å². The van der Waals surface area contributed by atoms with Gasteiger partial charge in [0, 0.05) is 16.6 Å². The van der Waals surface area contributed by atoms with E-state index in [4.69, 9.17) is 13.9 Å². The van der Waals surface area contributed by atoms with Crippen LogP contribution < -0.4 is 20.1 Å². The molecule has 0 saturated carbocycles. The summed E-state index contributed by atoms with van der Waals surface area (Å²) in [5.74, 6) is 0.774. The maximum atomic E-state index is 13.1. The quantitative estimate of drug-likeness (QED) is 0.468. The van der Waals surface area contributed by atoms with Crippen molar-refractivity contribution in [2.24, 2.45) is 0 Å². The molecule has 0 fully saturated rings. The predicted molar refractivity (Wildman–Crippen MR) is 120 cm³/mol. The number of fused-ring (bicyclic) bond motifs is 2. The Hall–Kier alpha value is -4.26. The van der Waals surface area contributed by atoms with E-state index < -0.39 is 12.0 Å². The molecule has 2 heterocycles. The standard InChI is InChI=1S/C25H20N2O5/c1-15-24(28)27-20-13-16(11-12-22(20)31-15)26-25(29)23-19(14-30-17-7-3-2-4-8-17)18-9-5-6-10-21(18)32-23/h2-13,15H,14H2,1H3,(H,26,29)(H,27,28)/t15-/m1/s1. The number of anilines is 2. The summed E-state index contributed by atoms with van der Waals surface area (Å²) in [6, 6.07) is 21.9. The number of ether oxygens (including phenoxy) is 2. The molecule has 0 radical (unpaired) electrons. The molecular formula is C25H20N2O5. The lowest BCUT2D eigenvalue weighted by Gasteiger charge is -2.23. The molecule has 4 aromatic rings. The predicted octanol–water partition coefficient (Wildman–Crippen LogP) is 4.98. The second kappa shape index (κ2) is 8.11. The zero-order valence-electron chi connectivity index (χ0n) is 17.3. The molecule has 1 aliphatic rings. The number of nitrogens with one attached hydrogen (secondary N) is 2. The number of furan rings is 1. The molecule has 2 amide bonds. The molecule has 1 aromatic heterocycles. The van der Waals surface area contributed by atoms with E-state index in [2.05, 4.69) is 10.6 Å². The maximum Gasteiger partial charge on any atom is 0.291 e. The fourth-order valence-electron chi connectivity index (χ4n) is 3.57. The Morgan fingerprint density at radius 3 is 2.69 bits per heavy atom. The Balaban J connectivity index is 1.42. The highest BCUT2D eigenvalue weighted by Crippen LogP contribution is 2.33.